The van der Waals surface area contributed by atoms with Crippen molar-refractivity contribution in [2.75, 3.05) is 48.8 Å². The lowest BCUT2D eigenvalue weighted by atomic mass is 9.98. The molecule has 1 heterocycles. The van der Waals surface area contributed by atoms with Gasteiger partial charge in [-0.15, -0.1) is 11.6 Å². The molecule has 5 nitrogen and oxygen atoms in total. The summed E-state index contributed by atoms with van der Waals surface area (Å²) in [6.07, 6.45) is -0.561. The van der Waals surface area contributed by atoms with Crippen molar-refractivity contribution in [2.45, 2.75) is 6.10 Å². The van der Waals surface area contributed by atoms with Crippen LogP contribution in [0.25, 0.3) is 11.1 Å². The molecule has 1 atom stereocenters. The van der Waals surface area contributed by atoms with Crippen LogP contribution in [-0.4, -0.2) is 60.6 Å². The van der Waals surface area contributed by atoms with Crippen LogP contribution in [0.5, 0.6) is 0 Å². The Bertz CT molecular complexity index is 1020. The minimum Gasteiger partial charge on any atom is -0.390 e. The topological polar surface area (TPSA) is 55.8 Å². The number of amides is 1. The average molecular weight is 450 g/mol. The van der Waals surface area contributed by atoms with Gasteiger partial charge in [0.15, 0.2) is 0 Å². The molecule has 0 aliphatic carbocycles. The zero-order valence-corrected chi connectivity index (χ0v) is 18.7. The van der Waals surface area contributed by atoms with E-state index in [-0.39, 0.29) is 11.8 Å². The van der Waals surface area contributed by atoms with Crippen molar-refractivity contribution in [3.8, 4) is 11.1 Å². The second-order valence-electron chi connectivity index (χ2n) is 7.93. The fraction of sp³-hybridized carbons (Fsp3) is 0.269. The summed E-state index contributed by atoms with van der Waals surface area (Å²) in [5.41, 5.74) is 4.86. The molecular weight excluding hydrogens is 422 g/mol. The molecule has 1 aliphatic rings. The molecule has 4 rings (SSSR count). The van der Waals surface area contributed by atoms with Crippen LogP contribution in [0.2, 0.25) is 0 Å². The van der Waals surface area contributed by atoms with E-state index in [4.69, 9.17) is 11.6 Å². The van der Waals surface area contributed by atoms with Gasteiger partial charge >= 0.3 is 0 Å². The zero-order valence-electron chi connectivity index (χ0n) is 18.0. The normalized spacial score (nSPS) is 14.8. The van der Waals surface area contributed by atoms with E-state index in [1.807, 2.05) is 71.6 Å². The van der Waals surface area contributed by atoms with Gasteiger partial charge in [-0.05, 0) is 41.5 Å². The number of hydrogen-bond donors (Lipinski definition) is 2. The highest BCUT2D eigenvalue weighted by Gasteiger charge is 2.24. The second-order valence-corrected chi connectivity index (χ2v) is 8.24. The Morgan fingerprint density at radius 3 is 2.25 bits per heavy atom. The van der Waals surface area contributed by atoms with Gasteiger partial charge < -0.3 is 20.2 Å². The van der Waals surface area contributed by atoms with Gasteiger partial charge in [-0.3, -0.25) is 4.79 Å². The third-order valence-electron chi connectivity index (χ3n) is 5.76. The van der Waals surface area contributed by atoms with E-state index in [0.29, 0.717) is 19.6 Å². The molecule has 0 aromatic heterocycles. The first-order valence-corrected chi connectivity index (χ1v) is 11.5. The zero-order chi connectivity index (χ0) is 22.3. The first-order chi connectivity index (χ1) is 15.7. The highest BCUT2D eigenvalue weighted by Crippen LogP contribution is 2.26. The van der Waals surface area contributed by atoms with Gasteiger partial charge in [-0.1, -0.05) is 48.5 Å². The molecular formula is C26H28ClN3O2. The van der Waals surface area contributed by atoms with Gasteiger partial charge in [0, 0.05) is 49.7 Å². The molecule has 166 valence electrons. The third kappa shape index (κ3) is 5.23. The van der Waals surface area contributed by atoms with Crippen LogP contribution >= 0.6 is 11.6 Å². The van der Waals surface area contributed by atoms with Crippen LogP contribution in [0.4, 0.5) is 11.4 Å². The Balaban J connectivity index is 1.38. The van der Waals surface area contributed by atoms with E-state index in [1.54, 1.807) is 0 Å². The molecule has 0 radical (unpaired) electrons. The van der Waals surface area contributed by atoms with E-state index in [1.165, 1.54) is 0 Å². The summed E-state index contributed by atoms with van der Waals surface area (Å²) < 4.78 is 0. The quantitative estimate of drug-likeness (QED) is 0.527. The van der Waals surface area contributed by atoms with Crippen molar-refractivity contribution in [3.63, 3.8) is 0 Å². The maximum Gasteiger partial charge on any atom is 0.254 e. The number of hydrogen-bond acceptors (Lipinski definition) is 4. The van der Waals surface area contributed by atoms with Crippen LogP contribution in [0, 0.1) is 0 Å². The number of alkyl halides is 1. The minimum atomic E-state index is -0.561. The summed E-state index contributed by atoms with van der Waals surface area (Å²) in [5.74, 6) is 0.297. The Morgan fingerprint density at radius 2 is 1.56 bits per heavy atom. The summed E-state index contributed by atoms with van der Waals surface area (Å²) in [5, 5.41) is 12.8. The van der Waals surface area contributed by atoms with Crippen LogP contribution in [0.1, 0.15) is 10.4 Å². The first kappa shape index (κ1) is 22.2. The van der Waals surface area contributed by atoms with E-state index >= 15 is 0 Å². The van der Waals surface area contributed by atoms with Crippen molar-refractivity contribution < 1.29 is 9.90 Å². The van der Waals surface area contributed by atoms with Gasteiger partial charge in [-0.2, -0.15) is 0 Å². The minimum absolute atomic E-state index is 0.0847. The van der Waals surface area contributed by atoms with Crippen molar-refractivity contribution in [1.29, 1.82) is 0 Å². The van der Waals surface area contributed by atoms with Crippen LogP contribution in [-0.2, 0) is 0 Å². The third-order valence-corrected chi connectivity index (χ3v) is 6.12. The first-order valence-electron chi connectivity index (χ1n) is 10.9. The van der Waals surface area contributed by atoms with E-state index in [2.05, 4.69) is 22.3 Å². The number of aliphatic hydroxyl groups excluding tert-OH is 1. The SMILES string of the molecule is O=C(c1ccccc1-c1ccccc1)N1CCN(c2ccc(NCC(O)CCl)cc2)CC1. The Labute approximate surface area is 194 Å². The Morgan fingerprint density at radius 1 is 0.906 bits per heavy atom. The smallest absolute Gasteiger partial charge is 0.254 e. The van der Waals surface area contributed by atoms with Gasteiger partial charge in [0.25, 0.3) is 5.91 Å². The van der Waals surface area contributed by atoms with E-state index in [0.717, 1.165) is 41.2 Å². The Hall–Kier alpha value is -3.02. The number of nitrogens with zero attached hydrogens (tertiary/aromatic N) is 2. The highest BCUT2D eigenvalue weighted by atomic mass is 35.5. The maximum absolute atomic E-state index is 13.3. The van der Waals surface area contributed by atoms with Crippen molar-refractivity contribution in [1.82, 2.24) is 4.90 Å². The van der Waals surface area contributed by atoms with Crippen LogP contribution in [0.15, 0.2) is 78.9 Å². The monoisotopic (exact) mass is 449 g/mol. The summed E-state index contributed by atoms with van der Waals surface area (Å²) in [4.78, 5) is 17.5. The van der Waals surface area contributed by atoms with Crippen molar-refractivity contribution in [2.24, 2.45) is 0 Å². The summed E-state index contributed by atoms with van der Waals surface area (Å²) >= 11 is 5.63. The molecule has 1 fully saturated rings. The Kier molecular flexibility index (Phi) is 7.30. The van der Waals surface area contributed by atoms with Crippen molar-refractivity contribution >= 4 is 28.9 Å². The standard InChI is InChI=1S/C26H28ClN3O2/c27-18-23(31)19-28-21-10-12-22(13-11-21)29-14-16-30(17-15-29)26(32)25-9-5-4-8-24(25)20-6-2-1-3-7-20/h1-13,23,28,31H,14-19H2. The number of nitrogens with one attached hydrogen (secondary N) is 1. The van der Waals surface area contributed by atoms with Crippen LogP contribution < -0.4 is 10.2 Å². The number of carbonyl (C=O) groups is 1. The fourth-order valence-corrected chi connectivity index (χ4v) is 4.07. The summed E-state index contributed by atoms with van der Waals surface area (Å²) in [6, 6.07) is 26.0. The van der Waals surface area contributed by atoms with Crippen LogP contribution in [0.3, 0.4) is 0 Å². The second kappa shape index (κ2) is 10.5. The number of aliphatic hydroxyl groups is 1. The largest absolute Gasteiger partial charge is 0.390 e. The van der Waals surface area contributed by atoms with Gasteiger partial charge in [0.2, 0.25) is 0 Å². The van der Waals surface area contributed by atoms with E-state index < -0.39 is 6.10 Å². The molecule has 3 aromatic rings. The number of benzene rings is 3. The summed E-state index contributed by atoms with van der Waals surface area (Å²) in [7, 11) is 0. The molecule has 6 heteroatoms. The molecule has 0 spiro atoms. The number of anilines is 2. The maximum atomic E-state index is 13.3. The molecule has 0 saturated carbocycles. The molecule has 2 N–H and O–H groups in total. The molecule has 3 aromatic carbocycles. The fourth-order valence-electron chi connectivity index (χ4n) is 3.96. The lowest BCUT2D eigenvalue weighted by Crippen LogP contribution is -2.48. The molecule has 1 unspecified atom stereocenters. The molecule has 1 aliphatic heterocycles. The predicted octanol–water partition coefficient (Wildman–Crippen LogP) is 4.33. The molecule has 32 heavy (non-hydrogen) atoms. The number of halogens is 1. The van der Waals surface area contributed by atoms with Gasteiger partial charge in [0.05, 0.1) is 12.0 Å². The number of carbonyl (C=O) groups excluding carboxylic acids is 1. The van der Waals surface area contributed by atoms with Gasteiger partial charge in [0.1, 0.15) is 0 Å². The molecule has 0 bridgehead atoms. The lowest BCUT2D eigenvalue weighted by Gasteiger charge is -2.36. The number of piperazine rings is 1. The predicted molar refractivity (Wildman–Crippen MR) is 132 cm³/mol. The summed E-state index contributed by atoms with van der Waals surface area (Å²) in [6.45, 7) is 3.37. The number of rotatable bonds is 7. The molecule has 1 saturated heterocycles. The van der Waals surface area contributed by atoms with Crippen molar-refractivity contribution in [3.05, 3.63) is 84.4 Å². The average Bonchev–Trinajstić information content (AvgIpc) is 2.88. The lowest BCUT2D eigenvalue weighted by molar-refractivity contribution is 0.0747. The van der Waals surface area contributed by atoms with Gasteiger partial charge in [-0.25, -0.2) is 0 Å². The van der Waals surface area contributed by atoms with E-state index in [9.17, 15) is 9.90 Å². The molecule has 1 amide bonds. The highest BCUT2D eigenvalue weighted by molar-refractivity contribution is 6.18.